The lowest BCUT2D eigenvalue weighted by molar-refractivity contribution is -0.387. The average molecular weight is 361 g/mol. The molecule has 26 heavy (non-hydrogen) atoms. The maximum Gasteiger partial charge on any atom is 0.306 e. The van der Waals surface area contributed by atoms with Gasteiger partial charge in [-0.2, -0.15) is 4.39 Å². The summed E-state index contributed by atoms with van der Waals surface area (Å²) in [5.74, 6) is -1.57. The van der Waals surface area contributed by atoms with E-state index in [1.807, 2.05) is 0 Å². The van der Waals surface area contributed by atoms with E-state index >= 15 is 0 Å². The highest BCUT2D eigenvalue weighted by atomic mass is 19.1. The standard InChI is InChI=1S/C17H16FN3O5/c18-13-4-3-12(10-14(13)21(24)25)19-16(22)11-5-7-20(8-6-11)17(23)15-2-1-9-26-15/h1-4,9-11H,5-8H2,(H,19,22). The number of furan rings is 1. The molecule has 2 amide bonds. The quantitative estimate of drug-likeness (QED) is 0.666. The Balaban J connectivity index is 1.58. The van der Waals surface area contributed by atoms with Gasteiger partial charge in [0, 0.05) is 30.8 Å². The summed E-state index contributed by atoms with van der Waals surface area (Å²) in [5.41, 5.74) is -0.529. The van der Waals surface area contributed by atoms with E-state index in [9.17, 15) is 24.1 Å². The second-order valence-corrected chi connectivity index (χ2v) is 5.96. The summed E-state index contributed by atoms with van der Waals surface area (Å²) in [5, 5.41) is 13.3. The third-order valence-corrected chi connectivity index (χ3v) is 4.30. The molecule has 0 unspecified atom stereocenters. The number of benzene rings is 1. The van der Waals surface area contributed by atoms with E-state index in [-0.39, 0.29) is 29.2 Å². The van der Waals surface area contributed by atoms with Gasteiger partial charge in [-0.1, -0.05) is 0 Å². The van der Waals surface area contributed by atoms with E-state index in [1.165, 1.54) is 12.3 Å². The van der Waals surface area contributed by atoms with Gasteiger partial charge < -0.3 is 14.6 Å². The van der Waals surface area contributed by atoms with Gasteiger partial charge in [0.15, 0.2) is 5.76 Å². The van der Waals surface area contributed by atoms with Gasteiger partial charge in [-0.3, -0.25) is 19.7 Å². The van der Waals surface area contributed by atoms with Crippen LogP contribution in [0, 0.1) is 21.8 Å². The summed E-state index contributed by atoms with van der Waals surface area (Å²) in [4.78, 5) is 36.1. The number of carbonyl (C=O) groups excluding carboxylic acids is 2. The van der Waals surface area contributed by atoms with Gasteiger partial charge in [0.1, 0.15) is 0 Å². The monoisotopic (exact) mass is 361 g/mol. The molecule has 0 radical (unpaired) electrons. The fourth-order valence-corrected chi connectivity index (χ4v) is 2.88. The minimum absolute atomic E-state index is 0.164. The number of likely N-dealkylation sites (tertiary alicyclic amines) is 1. The Morgan fingerprint density at radius 2 is 2.00 bits per heavy atom. The average Bonchev–Trinajstić information content (AvgIpc) is 3.17. The summed E-state index contributed by atoms with van der Waals surface area (Å²) in [6, 6.07) is 6.43. The Bertz CT molecular complexity index is 829. The zero-order valence-corrected chi connectivity index (χ0v) is 13.7. The number of hydrogen-bond acceptors (Lipinski definition) is 5. The molecule has 3 rings (SSSR count). The summed E-state index contributed by atoms with van der Waals surface area (Å²) < 4.78 is 18.4. The third kappa shape index (κ3) is 3.71. The molecule has 1 saturated heterocycles. The molecule has 0 atom stereocenters. The molecule has 1 aliphatic rings. The van der Waals surface area contributed by atoms with Crippen LogP contribution in [-0.4, -0.2) is 34.7 Å². The first-order valence-electron chi connectivity index (χ1n) is 8.03. The zero-order chi connectivity index (χ0) is 18.7. The number of nitrogens with zero attached hydrogens (tertiary/aromatic N) is 2. The number of nitro groups is 1. The van der Waals surface area contributed by atoms with Gasteiger partial charge in [0.2, 0.25) is 11.7 Å². The summed E-state index contributed by atoms with van der Waals surface area (Å²) in [6.45, 7) is 0.808. The molecular weight excluding hydrogens is 345 g/mol. The lowest BCUT2D eigenvalue weighted by atomic mass is 9.95. The molecule has 1 N–H and O–H groups in total. The molecule has 1 fully saturated rings. The number of anilines is 1. The van der Waals surface area contributed by atoms with Crippen molar-refractivity contribution in [1.29, 1.82) is 0 Å². The predicted octanol–water partition coefficient (Wildman–Crippen LogP) is 2.82. The van der Waals surface area contributed by atoms with Crippen LogP contribution in [0.2, 0.25) is 0 Å². The molecule has 0 spiro atoms. The number of hydrogen-bond donors (Lipinski definition) is 1. The van der Waals surface area contributed by atoms with Gasteiger partial charge in [0.05, 0.1) is 11.2 Å². The van der Waals surface area contributed by atoms with Gasteiger partial charge >= 0.3 is 5.69 Å². The number of nitrogens with one attached hydrogen (secondary N) is 1. The minimum Gasteiger partial charge on any atom is -0.459 e. The lowest BCUT2D eigenvalue weighted by Crippen LogP contribution is -2.41. The summed E-state index contributed by atoms with van der Waals surface area (Å²) in [7, 11) is 0. The van der Waals surface area contributed by atoms with Gasteiger partial charge in [-0.05, 0) is 37.1 Å². The minimum atomic E-state index is -0.960. The van der Waals surface area contributed by atoms with Gasteiger partial charge in [-0.15, -0.1) is 0 Å². The molecule has 0 bridgehead atoms. The number of nitro benzene ring substituents is 1. The maximum atomic E-state index is 13.3. The van der Waals surface area contributed by atoms with E-state index in [0.717, 1.165) is 12.1 Å². The van der Waals surface area contributed by atoms with Crippen molar-refractivity contribution in [2.75, 3.05) is 18.4 Å². The van der Waals surface area contributed by atoms with Crippen molar-refractivity contribution in [2.45, 2.75) is 12.8 Å². The van der Waals surface area contributed by atoms with Crippen LogP contribution < -0.4 is 5.32 Å². The fourth-order valence-electron chi connectivity index (χ4n) is 2.88. The van der Waals surface area contributed by atoms with Crippen LogP contribution in [0.4, 0.5) is 15.8 Å². The largest absolute Gasteiger partial charge is 0.459 e. The van der Waals surface area contributed by atoms with Crippen molar-refractivity contribution in [3.63, 3.8) is 0 Å². The van der Waals surface area contributed by atoms with Crippen LogP contribution in [-0.2, 0) is 4.79 Å². The van der Waals surface area contributed by atoms with E-state index in [2.05, 4.69) is 5.32 Å². The zero-order valence-electron chi connectivity index (χ0n) is 13.7. The highest BCUT2D eigenvalue weighted by molar-refractivity contribution is 5.94. The molecular formula is C17H16FN3O5. The van der Waals surface area contributed by atoms with Crippen LogP contribution in [0.1, 0.15) is 23.4 Å². The highest BCUT2D eigenvalue weighted by Gasteiger charge is 2.29. The van der Waals surface area contributed by atoms with Crippen LogP contribution in [0.3, 0.4) is 0 Å². The van der Waals surface area contributed by atoms with Crippen molar-refractivity contribution < 1.29 is 23.3 Å². The van der Waals surface area contributed by atoms with Gasteiger partial charge in [0.25, 0.3) is 5.91 Å². The van der Waals surface area contributed by atoms with Crippen molar-refractivity contribution in [2.24, 2.45) is 5.92 Å². The highest BCUT2D eigenvalue weighted by Crippen LogP contribution is 2.24. The fraction of sp³-hybridized carbons (Fsp3) is 0.294. The number of carbonyl (C=O) groups is 2. The van der Waals surface area contributed by atoms with Crippen LogP contribution in [0.15, 0.2) is 41.0 Å². The molecule has 9 heteroatoms. The molecule has 1 aromatic carbocycles. The second kappa shape index (κ2) is 7.34. The Morgan fingerprint density at radius 1 is 1.27 bits per heavy atom. The molecule has 8 nitrogen and oxygen atoms in total. The topological polar surface area (TPSA) is 106 Å². The van der Waals surface area contributed by atoms with Crippen molar-refractivity contribution in [3.05, 3.63) is 58.3 Å². The SMILES string of the molecule is O=C(Nc1ccc(F)c([N+](=O)[O-])c1)C1CCN(C(=O)c2ccco2)CC1. The lowest BCUT2D eigenvalue weighted by Gasteiger charge is -2.30. The molecule has 0 saturated carbocycles. The van der Waals surface area contributed by atoms with Crippen molar-refractivity contribution >= 4 is 23.2 Å². The van der Waals surface area contributed by atoms with Gasteiger partial charge in [-0.25, -0.2) is 0 Å². The summed E-state index contributed by atoms with van der Waals surface area (Å²) in [6.07, 6.45) is 2.35. The molecule has 2 aromatic rings. The Hall–Kier alpha value is -3.23. The third-order valence-electron chi connectivity index (χ3n) is 4.30. The predicted molar refractivity (Wildman–Crippen MR) is 89.0 cm³/mol. The van der Waals surface area contributed by atoms with E-state index in [4.69, 9.17) is 4.42 Å². The number of amides is 2. The Morgan fingerprint density at radius 3 is 2.62 bits per heavy atom. The smallest absolute Gasteiger partial charge is 0.306 e. The Labute approximate surface area is 147 Å². The van der Waals surface area contributed by atoms with Crippen molar-refractivity contribution in [1.82, 2.24) is 4.90 Å². The normalized spacial score (nSPS) is 14.9. The molecule has 1 aliphatic heterocycles. The summed E-state index contributed by atoms with van der Waals surface area (Å²) >= 11 is 0. The number of halogens is 1. The first-order chi connectivity index (χ1) is 12.5. The van der Waals surface area contributed by atoms with Crippen LogP contribution >= 0.6 is 0 Å². The molecule has 2 heterocycles. The Kier molecular flexibility index (Phi) is 4.97. The molecule has 0 aliphatic carbocycles. The number of rotatable bonds is 4. The van der Waals surface area contributed by atoms with Crippen LogP contribution in [0.25, 0.3) is 0 Å². The second-order valence-electron chi connectivity index (χ2n) is 5.96. The first-order valence-corrected chi connectivity index (χ1v) is 8.03. The molecule has 1 aromatic heterocycles. The van der Waals surface area contributed by atoms with E-state index in [1.54, 1.807) is 17.0 Å². The van der Waals surface area contributed by atoms with Crippen LogP contribution in [0.5, 0.6) is 0 Å². The van der Waals surface area contributed by atoms with E-state index in [0.29, 0.717) is 25.9 Å². The number of piperidine rings is 1. The maximum absolute atomic E-state index is 13.3. The van der Waals surface area contributed by atoms with Crippen molar-refractivity contribution in [3.8, 4) is 0 Å². The molecule has 136 valence electrons. The first kappa shape index (κ1) is 17.6. The van der Waals surface area contributed by atoms with E-state index < -0.39 is 16.4 Å².